The summed E-state index contributed by atoms with van der Waals surface area (Å²) in [4.78, 5) is 12.1. The number of hydrogen-bond acceptors (Lipinski definition) is 8. The van der Waals surface area contributed by atoms with Gasteiger partial charge in [0, 0.05) is 20.8 Å². The third-order valence-corrected chi connectivity index (χ3v) is 12.8. The summed E-state index contributed by atoms with van der Waals surface area (Å²) in [5.41, 5.74) is -0.0562. The molecule has 0 atom stereocenters. The lowest BCUT2D eigenvalue weighted by Crippen LogP contribution is -2.15. The highest BCUT2D eigenvalue weighted by molar-refractivity contribution is 8.33. The van der Waals surface area contributed by atoms with Crippen LogP contribution in [0.3, 0.4) is 0 Å². The minimum absolute atomic E-state index is 0.214. The average molecular weight is 636 g/mol. The molecule has 0 aliphatic carbocycles. The largest absolute Gasteiger partial charge is 0.372 e. The van der Waals surface area contributed by atoms with Crippen LogP contribution in [0, 0.1) is 17.0 Å². The second-order valence-corrected chi connectivity index (χ2v) is 15.3. The lowest BCUT2D eigenvalue weighted by atomic mass is 10.2. The van der Waals surface area contributed by atoms with Crippen molar-refractivity contribution in [3.05, 3.63) is 149 Å². The molecule has 0 saturated carbocycles. The molecule has 0 saturated heterocycles. The van der Waals surface area contributed by atoms with Crippen LogP contribution in [0.2, 0.25) is 0 Å². The number of nitrogens with zero attached hydrogens (tertiary/aromatic N) is 1. The fourth-order valence-electron chi connectivity index (χ4n) is 4.27. The fourth-order valence-corrected chi connectivity index (χ4v) is 10.5. The molecular weight excluding hydrogens is 611 g/mol. The van der Waals surface area contributed by atoms with Crippen LogP contribution < -0.4 is 4.18 Å². The van der Waals surface area contributed by atoms with E-state index in [1.54, 1.807) is 110 Å². The van der Waals surface area contributed by atoms with Crippen molar-refractivity contribution in [2.75, 3.05) is 0 Å². The lowest BCUT2D eigenvalue weighted by molar-refractivity contribution is -0.385. The maximum absolute atomic E-state index is 14.0. The van der Waals surface area contributed by atoms with Crippen LogP contribution in [0.15, 0.2) is 158 Å². The summed E-state index contributed by atoms with van der Waals surface area (Å²) in [6, 6.07) is 35.0. The van der Waals surface area contributed by atoms with Gasteiger partial charge in [-0.05, 0) is 77.9 Å². The zero-order valence-electron chi connectivity index (χ0n) is 22.6. The Labute approximate surface area is 251 Å². The summed E-state index contributed by atoms with van der Waals surface area (Å²) in [7, 11) is -12.1. The Kier molecular flexibility index (Phi) is 8.38. The Morgan fingerprint density at radius 2 is 1.00 bits per heavy atom. The average Bonchev–Trinajstić information content (AvgIpc) is 3.01. The Hall–Kier alpha value is -4.49. The molecule has 0 aromatic heterocycles. The summed E-state index contributed by atoms with van der Waals surface area (Å²) >= 11 is 0. The maximum Gasteiger partial charge on any atom is 0.339 e. The molecule has 0 radical (unpaired) electrons. The molecule has 5 rings (SSSR count). The Morgan fingerprint density at radius 1 is 0.558 bits per heavy atom. The number of hydrogen-bond donors (Lipinski definition) is 0. The monoisotopic (exact) mass is 635 g/mol. The third-order valence-electron chi connectivity index (χ3n) is 6.34. The van der Waals surface area contributed by atoms with Crippen molar-refractivity contribution in [1.29, 1.82) is 0 Å². The molecule has 12 heteroatoms. The van der Waals surface area contributed by atoms with Gasteiger partial charge < -0.3 is 4.18 Å². The van der Waals surface area contributed by atoms with Gasteiger partial charge in [-0.25, -0.2) is 3.63 Å². The second-order valence-electron chi connectivity index (χ2n) is 9.25. The fraction of sp³-hybridized carbons (Fsp3) is 0.0323. The van der Waals surface area contributed by atoms with Gasteiger partial charge in [0.15, 0.2) is 0 Å². The first kappa shape index (κ1) is 30.0. The molecule has 0 fully saturated rings. The van der Waals surface area contributed by atoms with Crippen molar-refractivity contribution in [3.8, 4) is 5.75 Å². The van der Waals surface area contributed by atoms with Crippen LogP contribution in [0.5, 0.6) is 5.75 Å². The van der Waals surface area contributed by atoms with Crippen LogP contribution >= 0.6 is 10.3 Å². The van der Waals surface area contributed by atoms with Gasteiger partial charge in [-0.2, -0.15) is 16.8 Å². The minimum Gasteiger partial charge on any atom is -0.372 e. The quantitative estimate of drug-likeness (QED) is 0.0890. The lowest BCUT2D eigenvalue weighted by Gasteiger charge is -2.39. The zero-order valence-corrected chi connectivity index (χ0v) is 25.1. The summed E-state index contributed by atoms with van der Waals surface area (Å²) in [5.74, 6) is -0.641. The summed E-state index contributed by atoms with van der Waals surface area (Å²) < 4.78 is 65.0. The van der Waals surface area contributed by atoms with E-state index in [0.29, 0.717) is 14.7 Å². The summed E-state index contributed by atoms with van der Waals surface area (Å²) in [5, 5.41) is 12.0. The molecule has 5 aromatic carbocycles. The van der Waals surface area contributed by atoms with Crippen LogP contribution in [0.4, 0.5) is 5.69 Å². The molecule has 0 bridgehead atoms. The van der Waals surface area contributed by atoms with E-state index < -0.39 is 51.8 Å². The number of nitro benzene ring substituents is 1. The van der Waals surface area contributed by atoms with Crippen molar-refractivity contribution < 1.29 is 29.6 Å². The van der Waals surface area contributed by atoms with Gasteiger partial charge in [-0.3, -0.25) is 10.1 Å². The van der Waals surface area contributed by atoms with E-state index in [0.717, 1.165) is 23.8 Å². The number of benzene rings is 5. The van der Waals surface area contributed by atoms with Gasteiger partial charge >= 0.3 is 25.9 Å². The first-order valence-electron chi connectivity index (χ1n) is 12.8. The van der Waals surface area contributed by atoms with E-state index >= 15 is 0 Å². The molecule has 0 aliphatic rings. The van der Waals surface area contributed by atoms with Crippen LogP contribution in [-0.4, -0.2) is 21.8 Å². The van der Waals surface area contributed by atoms with Crippen molar-refractivity contribution in [2.24, 2.45) is 0 Å². The van der Waals surface area contributed by atoms with Crippen molar-refractivity contribution in [2.45, 2.75) is 31.4 Å². The van der Waals surface area contributed by atoms with Crippen molar-refractivity contribution >= 4 is 36.2 Å². The van der Waals surface area contributed by atoms with Gasteiger partial charge in [0.1, 0.15) is 9.79 Å². The smallest absolute Gasteiger partial charge is 0.339 e. The Morgan fingerprint density at radius 3 is 1.44 bits per heavy atom. The summed E-state index contributed by atoms with van der Waals surface area (Å²) in [6.45, 7) is 1.77. The van der Waals surface area contributed by atoms with E-state index in [2.05, 4.69) is 0 Å². The van der Waals surface area contributed by atoms with E-state index in [4.69, 9.17) is 7.81 Å². The normalized spacial score (nSPS) is 12.4. The van der Waals surface area contributed by atoms with E-state index in [1.807, 2.05) is 0 Å². The Bertz CT molecular complexity index is 1870. The highest BCUT2D eigenvalue weighted by Crippen LogP contribution is 2.70. The molecule has 5 aromatic rings. The number of nitro groups is 1. The van der Waals surface area contributed by atoms with Gasteiger partial charge in [-0.15, -0.1) is 0 Å². The first-order valence-corrected chi connectivity index (χ1v) is 17.1. The van der Waals surface area contributed by atoms with Crippen LogP contribution in [-0.2, 0) is 23.9 Å². The van der Waals surface area contributed by atoms with E-state index in [1.165, 1.54) is 12.1 Å². The van der Waals surface area contributed by atoms with Crippen molar-refractivity contribution in [3.63, 3.8) is 0 Å². The second kappa shape index (κ2) is 12.0. The number of aryl methyl sites for hydroxylation is 1. The molecule has 0 spiro atoms. The van der Waals surface area contributed by atoms with Crippen LogP contribution in [0.1, 0.15) is 5.56 Å². The molecule has 43 heavy (non-hydrogen) atoms. The van der Waals surface area contributed by atoms with Crippen molar-refractivity contribution in [1.82, 2.24) is 0 Å². The minimum atomic E-state index is -4.71. The predicted octanol–water partition coefficient (Wildman–Crippen LogP) is 7.27. The van der Waals surface area contributed by atoms with Gasteiger partial charge in [0.2, 0.25) is 5.75 Å². The topological polar surface area (TPSA) is 130 Å². The van der Waals surface area contributed by atoms with Gasteiger partial charge in [0.05, 0.1) is 4.92 Å². The van der Waals surface area contributed by atoms with Gasteiger partial charge in [0.25, 0.3) is 0 Å². The van der Waals surface area contributed by atoms with E-state index in [9.17, 15) is 26.9 Å². The summed E-state index contributed by atoms with van der Waals surface area (Å²) in [6.07, 6.45) is 0. The molecule has 0 N–H and O–H groups in total. The zero-order chi connectivity index (χ0) is 30.7. The van der Waals surface area contributed by atoms with Crippen LogP contribution in [0.25, 0.3) is 0 Å². The highest BCUT2D eigenvalue weighted by atomic mass is 32.3. The predicted molar refractivity (Wildman–Crippen MR) is 162 cm³/mol. The Balaban J connectivity index is 1.62. The molecule has 0 amide bonds. The molecule has 0 unspecified atom stereocenters. The standard InChI is InChI=1S/C31H25NO8S3/c1-24-17-19-28(20-18-24)42(35,36)39-31-22-21-29(23-30(31)32(33)34)43(37,38)40-41(25-11-5-2-6-12-25,26-13-7-3-8-14-26)27-15-9-4-10-16-27/h2-23H,1H3. The number of rotatable bonds is 10. The SMILES string of the molecule is Cc1ccc(S(=O)(=O)Oc2ccc(S(=O)(=O)OS(c3ccccc3)(c3ccccc3)c3ccccc3)cc2[N+](=O)[O-])cc1. The third kappa shape index (κ3) is 6.18. The highest BCUT2D eigenvalue weighted by Gasteiger charge is 2.39. The molecule has 9 nitrogen and oxygen atoms in total. The van der Waals surface area contributed by atoms with Gasteiger partial charge in [-0.1, -0.05) is 72.3 Å². The molecule has 220 valence electrons. The molecule has 0 aliphatic heterocycles. The maximum atomic E-state index is 14.0. The van der Waals surface area contributed by atoms with E-state index in [-0.39, 0.29) is 4.90 Å². The first-order chi connectivity index (χ1) is 20.5. The molecule has 0 heterocycles. The molecular formula is C31H25NO8S3.